The smallest absolute Gasteiger partial charge is 0.277 e. The van der Waals surface area contributed by atoms with Crippen molar-refractivity contribution in [3.05, 3.63) is 41.2 Å². The molecular weight excluding hydrogens is 346 g/mol. The van der Waals surface area contributed by atoms with Gasteiger partial charge in [0.05, 0.1) is 6.54 Å². The molecule has 24 heavy (non-hydrogen) atoms. The lowest BCUT2D eigenvalue weighted by Gasteiger charge is -2.08. The van der Waals surface area contributed by atoms with Gasteiger partial charge in [0, 0.05) is 18.3 Å². The number of alkyl halides is 2. The van der Waals surface area contributed by atoms with Gasteiger partial charge < -0.3 is 5.32 Å². The molecule has 1 heterocycles. The number of hydrogen-bond acceptors (Lipinski definition) is 6. The van der Waals surface area contributed by atoms with Gasteiger partial charge in [0.1, 0.15) is 5.69 Å². The normalized spacial score (nSPS) is 11.7. The maximum Gasteiger partial charge on any atom is 0.277 e. The molecule has 1 aromatic heterocycles. The van der Waals surface area contributed by atoms with Gasteiger partial charge in [0.2, 0.25) is 0 Å². The van der Waals surface area contributed by atoms with Crippen molar-refractivity contribution in [2.45, 2.75) is 13.0 Å². The maximum atomic E-state index is 12.7. The molecule has 0 amide bonds. The molecule has 0 radical (unpaired) electrons. The third-order valence-electron chi connectivity index (χ3n) is 2.90. The first-order valence-electron chi connectivity index (χ1n) is 6.56. The van der Waals surface area contributed by atoms with Crippen molar-refractivity contribution in [2.24, 2.45) is 0 Å². The molecule has 0 bridgehead atoms. The van der Waals surface area contributed by atoms with Crippen molar-refractivity contribution in [3.63, 3.8) is 0 Å². The monoisotopic (exact) mass is 360 g/mol. The summed E-state index contributed by atoms with van der Waals surface area (Å²) in [5, 5.41) is 17.6. The summed E-state index contributed by atoms with van der Waals surface area (Å²) in [4.78, 5) is 0. The Hall–Kier alpha value is -2.44. The van der Waals surface area contributed by atoms with Crippen LogP contribution in [0.5, 0.6) is 0 Å². The number of hydrogen-bond donors (Lipinski definition) is 4. The molecule has 2 aromatic rings. The summed E-state index contributed by atoms with van der Waals surface area (Å²) in [7, 11) is -2.47. The van der Waals surface area contributed by atoms with E-state index < -0.39 is 16.6 Å². The van der Waals surface area contributed by atoms with Crippen LogP contribution in [0.3, 0.4) is 0 Å². The van der Waals surface area contributed by atoms with E-state index in [1.54, 1.807) is 0 Å². The molecule has 0 aliphatic carbocycles. The fraction of sp³-hybridized carbons (Fsp3) is 0.250. The Balaban J connectivity index is 2.11. The summed E-state index contributed by atoms with van der Waals surface area (Å²) in [6.45, 7) is -0.261. The summed E-state index contributed by atoms with van der Waals surface area (Å²) in [6.07, 6.45) is -2.64. The van der Waals surface area contributed by atoms with Crippen molar-refractivity contribution < 1.29 is 21.8 Å². The Morgan fingerprint density at radius 3 is 2.79 bits per heavy atom. The third-order valence-corrected chi connectivity index (χ3v) is 3.96. The molecule has 1 aromatic carbocycles. The van der Waals surface area contributed by atoms with Crippen molar-refractivity contribution in [3.8, 4) is 0 Å². The van der Waals surface area contributed by atoms with Gasteiger partial charge in [0.25, 0.3) is 16.6 Å². The minimum absolute atomic E-state index is 0.0451. The van der Waals surface area contributed by atoms with Gasteiger partial charge in [0.15, 0.2) is 11.5 Å². The molecule has 0 atom stereocenters. The zero-order valence-electron chi connectivity index (χ0n) is 12.4. The number of rotatable bonds is 7. The third kappa shape index (κ3) is 4.53. The first kappa shape index (κ1) is 17.9. The number of nitrogens with zero attached hydrogens (tertiary/aromatic N) is 2. The Morgan fingerprint density at radius 1 is 1.38 bits per heavy atom. The molecule has 0 spiro atoms. The molecule has 0 aliphatic heterocycles. The van der Waals surface area contributed by atoms with Crippen molar-refractivity contribution >= 4 is 21.7 Å². The zero-order valence-corrected chi connectivity index (χ0v) is 13.2. The minimum Gasteiger partial charge on any atom is -0.339 e. The van der Waals surface area contributed by atoms with E-state index in [1.807, 2.05) is 0 Å². The molecule has 9 nitrogen and oxygen atoms in total. The van der Waals surface area contributed by atoms with Crippen LogP contribution in [0.1, 0.15) is 23.4 Å². The highest BCUT2D eigenvalue weighted by Crippen LogP contribution is 2.22. The van der Waals surface area contributed by atoms with E-state index >= 15 is 0 Å². The summed E-state index contributed by atoms with van der Waals surface area (Å²) in [5.74, 6) is -0.277. The maximum absolute atomic E-state index is 12.7. The lowest BCUT2D eigenvalue weighted by atomic mass is 10.2. The van der Waals surface area contributed by atoms with Crippen LogP contribution >= 0.6 is 0 Å². The molecule has 12 heteroatoms. The summed E-state index contributed by atoms with van der Waals surface area (Å²) in [6, 6.07) is 5.36. The fourth-order valence-corrected chi connectivity index (χ4v) is 2.17. The second-order valence-electron chi connectivity index (χ2n) is 4.51. The Morgan fingerprint density at radius 2 is 2.12 bits per heavy atom. The van der Waals surface area contributed by atoms with Gasteiger partial charge in [-0.1, -0.05) is 17.3 Å². The number of nitrogens with one attached hydrogen (secondary N) is 4. The number of amidine groups is 1. The van der Waals surface area contributed by atoms with Crippen molar-refractivity contribution in [2.75, 3.05) is 12.4 Å². The first-order chi connectivity index (χ1) is 11.3. The van der Waals surface area contributed by atoms with Gasteiger partial charge in [-0.15, -0.1) is 0 Å². The SMILES string of the molecule is CNS(=O)(=O)NCc1nonc1C(=N)Nc1cccc(C(F)F)c1. The van der Waals surface area contributed by atoms with Crippen LogP contribution in [0.2, 0.25) is 0 Å². The average Bonchev–Trinajstić information content (AvgIpc) is 3.02. The van der Waals surface area contributed by atoms with Crippen LogP contribution in [-0.2, 0) is 16.8 Å². The summed E-state index contributed by atoms with van der Waals surface area (Å²) < 4.78 is 56.7. The van der Waals surface area contributed by atoms with Crippen LogP contribution < -0.4 is 14.8 Å². The summed E-state index contributed by atoms with van der Waals surface area (Å²) >= 11 is 0. The highest BCUT2D eigenvalue weighted by atomic mass is 32.2. The average molecular weight is 360 g/mol. The number of halogens is 2. The standard InChI is InChI=1S/C12H14F2N6O3S/c1-16-24(21,22)17-6-9-10(20-23-19-9)12(15)18-8-4-2-3-7(5-8)11(13)14/h2-5,11,16-17H,6H2,1H3,(H2,15,18). The predicted octanol–water partition coefficient (Wildman–Crippen LogP) is 0.998. The van der Waals surface area contributed by atoms with Crippen LogP contribution in [-0.4, -0.2) is 31.6 Å². The van der Waals surface area contributed by atoms with E-state index in [0.717, 1.165) is 0 Å². The number of aromatic nitrogens is 2. The molecule has 0 unspecified atom stereocenters. The van der Waals surface area contributed by atoms with Crippen LogP contribution in [0.4, 0.5) is 14.5 Å². The highest BCUT2D eigenvalue weighted by molar-refractivity contribution is 7.87. The van der Waals surface area contributed by atoms with Gasteiger partial charge in [-0.3, -0.25) is 5.41 Å². The van der Waals surface area contributed by atoms with E-state index in [1.165, 1.54) is 31.3 Å². The van der Waals surface area contributed by atoms with Crippen LogP contribution in [0.25, 0.3) is 0 Å². The van der Waals surface area contributed by atoms with Crippen LogP contribution in [0.15, 0.2) is 28.9 Å². The highest BCUT2D eigenvalue weighted by Gasteiger charge is 2.18. The molecule has 130 valence electrons. The number of benzene rings is 1. The molecule has 0 aliphatic rings. The van der Waals surface area contributed by atoms with Crippen LogP contribution in [0, 0.1) is 5.41 Å². The summed E-state index contributed by atoms with van der Waals surface area (Å²) in [5.41, 5.74) is 0.0724. The van der Waals surface area contributed by atoms with Gasteiger partial charge in [-0.2, -0.15) is 13.1 Å². The largest absolute Gasteiger partial charge is 0.339 e. The topological polar surface area (TPSA) is 133 Å². The lowest BCUT2D eigenvalue weighted by molar-refractivity contribution is 0.151. The minimum atomic E-state index is -3.70. The van der Waals surface area contributed by atoms with Crippen molar-refractivity contribution in [1.82, 2.24) is 19.8 Å². The quantitative estimate of drug-likeness (QED) is 0.430. The second kappa shape index (κ2) is 7.42. The molecular formula is C12H14F2N6O3S. The molecule has 0 saturated carbocycles. The van der Waals surface area contributed by atoms with E-state index in [-0.39, 0.29) is 35.0 Å². The molecule has 2 rings (SSSR count). The molecule has 4 N–H and O–H groups in total. The van der Waals surface area contributed by atoms with E-state index in [4.69, 9.17) is 5.41 Å². The van der Waals surface area contributed by atoms with Gasteiger partial charge >= 0.3 is 0 Å². The van der Waals surface area contributed by atoms with E-state index in [2.05, 4.69) is 29.7 Å². The second-order valence-corrected chi connectivity index (χ2v) is 6.22. The Labute approximate surface area is 136 Å². The molecule has 0 saturated heterocycles. The fourth-order valence-electron chi connectivity index (χ4n) is 1.70. The van der Waals surface area contributed by atoms with Crippen molar-refractivity contribution in [1.29, 1.82) is 5.41 Å². The Bertz CT molecular complexity index is 824. The zero-order chi connectivity index (χ0) is 17.7. The Kier molecular flexibility index (Phi) is 5.54. The van der Waals surface area contributed by atoms with E-state index in [9.17, 15) is 17.2 Å². The first-order valence-corrected chi connectivity index (χ1v) is 8.04. The van der Waals surface area contributed by atoms with E-state index in [0.29, 0.717) is 0 Å². The van der Waals surface area contributed by atoms with Gasteiger partial charge in [-0.05, 0) is 17.3 Å². The lowest BCUT2D eigenvalue weighted by Crippen LogP contribution is -2.34. The molecule has 0 fully saturated rings. The van der Waals surface area contributed by atoms with Gasteiger partial charge in [-0.25, -0.2) is 18.1 Å². The number of anilines is 1. The predicted molar refractivity (Wildman–Crippen MR) is 81.0 cm³/mol.